The second kappa shape index (κ2) is 7.99. The third-order valence-electron chi connectivity index (χ3n) is 4.39. The zero-order chi connectivity index (χ0) is 17.1. The number of rotatable bonds is 12. The van der Waals surface area contributed by atoms with Gasteiger partial charge in [0.25, 0.3) is 0 Å². The maximum absolute atomic E-state index is 9.70. The number of aliphatic hydroxyl groups excluding tert-OH is 1. The van der Waals surface area contributed by atoms with Crippen molar-refractivity contribution in [2.24, 2.45) is 0 Å². The van der Waals surface area contributed by atoms with Gasteiger partial charge in [0.1, 0.15) is 30.7 Å². The Kier molecular flexibility index (Phi) is 5.50. The SMILES string of the molecule is OCc1ccc(OCC2CO2)c(COCC2CO2)c1COCC1CO1. The first-order chi connectivity index (χ1) is 12.3. The van der Waals surface area contributed by atoms with Crippen LogP contribution in [0.15, 0.2) is 12.1 Å². The smallest absolute Gasteiger partial charge is 0.125 e. The fourth-order valence-electron chi connectivity index (χ4n) is 2.60. The number of epoxide rings is 3. The first-order valence-corrected chi connectivity index (χ1v) is 8.71. The van der Waals surface area contributed by atoms with Gasteiger partial charge in [-0.2, -0.15) is 0 Å². The molecule has 3 atom stereocenters. The maximum Gasteiger partial charge on any atom is 0.125 e. The van der Waals surface area contributed by atoms with Crippen molar-refractivity contribution in [3.63, 3.8) is 0 Å². The van der Waals surface area contributed by atoms with E-state index in [1.807, 2.05) is 12.1 Å². The molecule has 3 aliphatic heterocycles. The Bertz CT molecular complexity index is 579. The summed E-state index contributed by atoms with van der Waals surface area (Å²) in [7, 11) is 0. The molecule has 1 N–H and O–H groups in total. The highest BCUT2D eigenvalue weighted by Crippen LogP contribution is 2.29. The van der Waals surface area contributed by atoms with E-state index < -0.39 is 0 Å². The number of benzene rings is 1. The minimum Gasteiger partial charge on any atom is -0.490 e. The summed E-state index contributed by atoms with van der Waals surface area (Å²) in [5.41, 5.74) is 2.67. The number of hydrogen-bond acceptors (Lipinski definition) is 7. The second-order valence-electron chi connectivity index (χ2n) is 6.55. The summed E-state index contributed by atoms with van der Waals surface area (Å²) in [6.45, 7) is 4.64. The number of hydrogen-bond donors (Lipinski definition) is 1. The summed E-state index contributed by atoms with van der Waals surface area (Å²) in [5.74, 6) is 0.755. The van der Waals surface area contributed by atoms with Crippen LogP contribution in [-0.4, -0.2) is 63.1 Å². The first-order valence-electron chi connectivity index (χ1n) is 8.71. The summed E-state index contributed by atoms with van der Waals surface area (Å²) in [5, 5.41) is 9.70. The van der Waals surface area contributed by atoms with Crippen molar-refractivity contribution in [1.29, 1.82) is 0 Å². The van der Waals surface area contributed by atoms with Gasteiger partial charge in [0.2, 0.25) is 0 Å². The quantitative estimate of drug-likeness (QED) is 0.557. The van der Waals surface area contributed by atoms with Gasteiger partial charge in [-0.3, -0.25) is 0 Å². The van der Waals surface area contributed by atoms with Crippen LogP contribution in [0.2, 0.25) is 0 Å². The Morgan fingerprint density at radius 2 is 1.40 bits per heavy atom. The van der Waals surface area contributed by atoms with Crippen LogP contribution in [0.1, 0.15) is 16.7 Å². The largest absolute Gasteiger partial charge is 0.490 e. The van der Waals surface area contributed by atoms with Crippen LogP contribution >= 0.6 is 0 Å². The molecule has 7 nitrogen and oxygen atoms in total. The molecule has 7 heteroatoms. The van der Waals surface area contributed by atoms with Crippen molar-refractivity contribution in [3.05, 3.63) is 28.8 Å². The van der Waals surface area contributed by atoms with E-state index in [-0.39, 0.29) is 24.9 Å². The molecule has 0 aromatic heterocycles. The van der Waals surface area contributed by atoms with Crippen molar-refractivity contribution in [2.45, 2.75) is 38.1 Å². The van der Waals surface area contributed by atoms with E-state index in [9.17, 15) is 5.11 Å². The average molecular weight is 352 g/mol. The zero-order valence-corrected chi connectivity index (χ0v) is 14.1. The van der Waals surface area contributed by atoms with Crippen molar-refractivity contribution in [3.8, 4) is 5.75 Å². The molecule has 4 rings (SSSR count). The Morgan fingerprint density at radius 3 is 1.96 bits per heavy atom. The van der Waals surface area contributed by atoms with Crippen LogP contribution in [-0.2, 0) is 43.5 Å². The molecule has 0 saturated carbocycles. The zero-order valence-electron chi connectivity index (χ0n) is 14.1. The van der Waals surface area contributed by atoms with Gasteiger partial charge in [0, 0.05) is 5.56 Å². The highest BCUT2D eigenvalue weighted by molar-refractivity contribution is 5.44. The van der Waals surface area contributed by atoms with E-state index in [4.69, 9.17) is 28.4 Å². The normalized spacial score (nSPS) is 26.5. The lowest BCUT2D eigenvalue weighted by atomic mass is 10.0. The molecule has 0 radical (unpaired) electrons. The number of aliphatic hydroxyl groups is 1. The van der Waals surface area contributed by atoms with Gasteiger partial charge in [0.05, 0.1) is 52.9 Å². The van der Waals surface area contributed by atoms with Gasteiger partial charge in [-0.15, -0.1) is 0 Å². The molecule has 25 heavy (non-hydrogen) atoms. The van der Waals surface area contributed by atoms with Crippen molar-refractivity contribution < 1.29 is 33.5 Å². The van der Waals surface area contributed by atoms with E-state index in [2.05, 4.69) is 0 Å². The van der Waals surface area contributed by atoms with E-state index in [1.165, 1.54) is 0 Å². The summed E-state index contributed by atoms with van der Waals surface area (Å²) in [6, 6.07) is 3.76. The summed E-state index contributed by atoms with van der Waals surface area (Å²) in [6.07, 6.45) is 0.588. The Balaban J connectivity index is 1.47. The molecule has 0 aliphatic carbocycles. The van der Waals surface area contributed by atoms with Crippen LogP contribution in [0, 0.1) is 0 Å². The molecular weight excluding hydrogens is 328 g/mol. The highest BCUT2D eigenvalue weighted by atomic mass is 16.6. The van der Waals surface area contributed by atoms with Gasteiger partial charge in [0.15, 0.2) is 0 Å². The Labute approximate surface area is 146 Å². The predicted octanol–water partition coefficient (Wildman–Crippen LogP) is 0.787. The van der Waals surface area contributed by atoms with Gasteiger partial charge < -0.3 is 33.5 Å². The Morgan fingerprint density at radius 1 is 0.840 bits per heavy atom. The molecule has 1 aromatic rings. The van der Waals surface area contributed by atoms with Crippen LogP contribution in [0.5, 0.6) is 5.75 Å². The molecule has 138 valence electrons. The van der Waals surface area contributed by atoms with Crippen LogP contribution in [0.25, 0.3) is 0 Å². The topological polar surface area (TPSA) is 85.5 Å². The van der Waals surface area contributed by atoms with Gasteiger partial charge in [-0.05, 0) is 17.2 Å². The minimum absolute atomic E-state index is 0.0522. The van der Waals surface area contributed by atoms with Gasteiger partial charge >= 0.3 is 0 Å². The standard InChI is InChI=1S/C18H24O7/c19-3-12-1-2-18(25-9-15-8-24-15)17(11-21-5-14-7-23-14)16(12)10-20-4-13-6-22-13/h1-2,13-15,19H,3-11H2. The lowest BCUT2D eigenvalue weighted by Gasteiger charge is -2.18. The molecule has 0 spiro atoms. The Hall–Kier alpha value is -1.22. The fraction of sp³-hybridized carbons (Fsp3) is 0.667. The molecule has 3 saturated heterocycles. The molecule has 3 unspecified atom stereocenters. The van der Waals surface area contributed by atoms with Gasteiger partial charge in [-0.25, -0.2) is 0 Å². The molecule has 3 aliphatic rings. The third-order valence-corrected chi connectivity index (χ3v) is 4.39. The summed E-state index contributed by atoms with van der Waals surface area (Å²) < 4.78 is 33.0. The third kappa shape index (κ3) is 5.13. The summed E-state index contributed by atoms with van der Waals surface area (Å²) in [4.78, 5) is 0. The molecule has 0 bridgehead atoms. The predicted molar refractivity (Wildman–Crippen MR) is 86.4 cm³/mol. The van der Waals surface area contributed by atoms with E-state index in [0.29, 0.717) is 33.0 Å². The lowest BCUT2D eigenvalue weighted by Crippen LogP contribution is -2.13. The highest BCUT2D eigenvalue weighted by Gasteiger charge is 2.26. The monoisotopic (exact) mass is 352 g/mol. The first kappa shape index (κ1) is 17.2. The van der Waals surface area contributed by atoms with E-state index in [1.54, 1.807) is 0 Å². The molecule has 3 heterocycles. The molecular formula is C18H24O7. The molecule has 0 amide bonds. The van der Waals surface area contributed by atoms with Crippen molar-refractivity contribution in [1.82, 2.24) is 0 Å². The minimum atomic E-state index is -0.0522. The van der Waals surface area contributed by atoms with Crippen molar-refractivity contribution in [2.75, 3.05) is 39.6 Å². The van der Waals surface area contributed by atoms with E-state index in [0.717, 1.165) is 42.3 Å². The maximum atomic E-state index is 9.70. The number of ether oxygens (including phenoxy) is 6. The van der Waals surface area contributed by atoms with Gasteiger partial charge in [-0.1, -0.05) is 6.07 Å². The second-order valence-corrected chi connectivity index (χ2v) is 6.55. The van der Waals surface area contributed by atoms with E-state index >= 15 is 0 Å². The van der Waals surface area contributed by atoms with Crippen molar-refractivity contribution >= 4 is 0 Å². The molecule has 1 aromatic carbocycles. The fourth-order valence-corrected chi connectivity index (χ4v) is 2.60. The van der Waals surface area contributed by atoms with Crippen LogP contribution in [0.4, 0.5) is 0 Å². The lowest BCUT2D eigenvalue weighted by molar-refractivity contribution is 0.0887. The average Bonchev–Trinajstić information content (AvgIpc) is 3.47. The molecule has 3 fully saturated rings. The van der Waals surface area contributed by atoms with Crippen LogP contribution in [0.3, 0.4) is 0 Å². The van der Waals surface area contributed by atoms with Crippen LogP contribution < -0.4 is 4.74 Å². The summed E-state index contributed by atoms with van der Waals surface area (Å²) >= 11 is 0.